The summed E-state index contributed by atoms with van der Waals surface area (Å²) in [6.07, 6.45) is 2.80. The average molecular weight is 377 g/mol. The van der Waals surface area contributed by atoms with Crippen LogP contribution in [0.25, 0.3) is 0 Å². The monoisotopic (exact) mass is 376 g/mol. The van der Waals surface area contributed by atoms with Gasteiger partial charge in [-0.15, -0.1) is 5.54 Å². The van der Waals surface area contributed by atoms with Gasteiger partial charge in [0.2, 0.25) is 5.79 Å². The lowest BCUT2D eigenvalue weighted by atomic mass is 10.1. The number of carbonyl (C=O) groups excluding carboxylic acids is 2. The number of allylic oxidation sites excluding steroid dienone is 2. The Morgan fingerprint density at radius 1 is 1.08 bits per heavy atom. The van der Waals surface area contributed by atoms with Crippen LogP contribution in [0.15, 0.2) is 23.5 Å². The van der Waals surface area contributed by atoms with E-state index >= 15 is 0 Å². The third-order valence-electron chi connectivity index (χ3n) is 4.97. The third-order valence-corrected chi connectivity index (χ3v) is 11.3. The summed E-state index contributed by atoms with van der Waals surface area (Å²) in [5, 5.41) is 0. The molecule has 0 bridgehead atoms. The SMILES string of the molecule is CC(=O)/C(=C\C#C[Si](C(C)C)(C(C)C)C(C)C)C1=CC(=O)OC(C)(C)O1. The molecule has 0 fully saturated rings. The number of cyclic esters (lactones) is 1. The van der Waals surface area contributed by atoms with Gasteiger partial charge < -0.3 is 9.47 Å². The highest BCUT2D eigenvalue weighted by Crippen LogP contribution is 2.40. The van der Waals surface area contributed by atoms with Crippen molar-refractivity contribution < 1.29 is 19.1 Å². The van der Waals surface area contributed by atoms with Crippen molar-refractivity contribution in [3.8, 4) is 11.5 Å². The average Bonchev–Trinajstić information content (AvgIpc) is 2.43. The number of Topliss-reactive ketones (excluding diaryl/α,β-unsaturated/α-hetero) is 1. The summed E-state index contributed by atoms with van der Waals surface area (Å²) in [4.78, 5) is 23.9. The first kappa shape index (κ1) is 22.2. The molecule has 1 rings (SSSR count). The van der Waals surface area contributed by atoms with Crippen LogP contribution in [0.3, 0.4) is 0 Å². The molecule has 0 radical (unpaired) electrons. The van der Waals surface area contributed by atoms with Crippen LogP contribution in [0.1, 0.15) is 62.3 Å². The molecule has 0 spiro atoms. The Labute approximate surface area is 159 Å². The minimum absolute atomic E-state index is 0.193. The van der Waals surface area contributed by atoms with Gasteiger partial charge in [-0.2, -0.15) is 0 Å². The minimum atomic E-state index is -1.89. The molecular formula is C21H32O4Si. The van der Waals surface area contributed by atoms with Crippen LogP contribution in [0.2, 0.25) is 16.6 Å². The van der Waals surface area contributed by atoms with E-state index in [2.05, 4.69) is 53.0 Å². The summed E-state index contributed by atoms with van der Waals surface area (Å²) < 4.78 is 10.7. The minimum Gasteiger partial charge on any atom is -0.452 e. The first-order chi connectivity index (χ1) is 11.8. The van der Waals surface area contributed by atoms with E-state index in [4.69, 9.17) is 9.47 Å². The lowest BCUT2D eigenvalue weighted by molar-refractivity contribution is -0.203. The lowest BCUT2D eigenvalue weighted by Crippen LogP contribution is -2.43. The molecule has 0 atom stereocenters. The van der Waals surface area contributed by atoms with Crippen LogP contribution in [-0.4, -0.2) is 25.6 Å². The second kappa shape index (κ2) is 8.26. The quantitative estimate of drug-likeness (QED) is 0.296. The fraction of sp³-hybridized carbons (Fsp3) is 0.619. The molecule has 26 heavy (non-hydrogen) atoms. The van der Waals surface area contributed by atoms with E-state index in [-0.39, 0.29) is 11.5 Å². The van der Waals surface area contributed by atoms with Crippen LogP contribution in [0.5, 0.6) is 0 Å². The molecule has 144 valence electrons. The zero-order valence-corrected chi connectivity index (χ0v) is 18.5. The Hall–Kier alpha value is -1.80. The Morgan fingerprint density at radius 2 is 1.58 bits per heavy atom. The summed E-state index contributed by atoms with van der Waals surface area (Å²) in [6.45, 7) is 18.1. The normalized spacial score (nSPS) is 17.5. The third kappa shape index (κ3) is 4.88. The molecule has 1 aliphatic heterocycles. The smallest absolute Gasteiger partial charge is 0.337 e. The van der Waals surface area contributed by atoms with Crippen LogP contribution < -0.4 is 0 Å². The number of ketones is 1. The van der Waals surface area contributed by atoms with Gasteiger partial charge in [0.1, 0.15) is 13.8 Å². The van der Waals surface area contributed by atoms with Gasteiger partial charge in [0.05, 0.1) is 11.6 Å². The number of esters is 1. The van der Waals surface area contributed by atoms with Crippen LogP contribution in [0, 0.1) is 11.5 Å². The highest BCUT2D eigenvalue weighted by atomic mass is 28.3. The summed E-state index contributed by atoms with van der Waals surface area (Å²) in [5.74, 6) is 1.55. The van der Waals surface area contributed by atoms with Gasteiger partial charge in [-0.3, -0.25) is 4.79 Å². The van der Waals surface area contributed by atoms with Crippen molar-refractivity contribution in [3.63, 3.8) is 0 Å². The standard InChI is InChI=1S/C21H32O4Si/c1-14(2)26(15(3)4,16(5)6)12-10-11-18(17(7)22)19-13-20(23)25-21(8,9)24-19/h11,13-16H,1-9H3/b18-11+. The number of hydrogen-bond acceptors (Lipinski definition) is 4. The summed E-state index contributed by atoms with van der Waals surface area (Å²) in [7, 11) is -1.89. The van der Waals surface area contributed by atoms with E-state index in [1.807, 2.05) is 0 Å². The van der Waals surface area contributed by atoms with E-state index in [1.165, 1.54) is 13.0 Å². The summed E-state index contributed by atoms with van der Waals surface area (Å²) in [6, 6.07) is 0. The first-order valence-electron chi connectivity index (χ1n) is 9.21. The molecule has 4 nitrogen and oxygen atoms in total. The molecule has 0 aromatic carbocycles. The molecule has 0 aliphatic carbocycles. The van der Waals surface area contributed by atoms with Crippen molar-refractivity contribution in [1.82, 2.24) is 0 Å². The molecule has 0 amide bonds. The van der Waals surface area contributed by atoms with Crippen molar-refractivity contribution in [1.29, 1.82) is 0 Å². The summed E-state index contributed by atoms with van der Waals surface area (Å²) in [5.41, 5.74) is 5.37. The fourth-order valence-corrected chi connectivity index (χ4v) is 9.03. The zero-order valence-electron chi connectivity index (χ0n) is 17.5. The molecule has 5 heteroatoms. The predicted molar refractivity (Wildman–Crippen MR) is 107 cm³/mol. The van der Waals surface area contributed by atoms with E-state index in [0.29, 0.717) is 22.2 Å². The topological polar surface area (TPSA) is 52.6 Å². The van der Waals surface area contributed by atoms with E-state index in [9.17, 15) is 9.59 Å². The number of carbonyl (C=O) groups is 2. The molecule has 0 aromatic rings. The van der Waals surface area contributed by atoms with Gasteiger partial charge in [0.25, 0.3) is 0 Å². The van der Waals surface area contributed by atoms with Crippen molar-refractivity contribution >= 4 is 19.8 Å². The van der Waals surface area contributed by atoms with Gasteiger partial charge in [-0.05, 0) is 23.5 Å². The van der Waals surface area contributed by atoms with Gasteiger partial charge in [-0.1, -0.05) is 47.5 Å². The maximum atomic E-state index is 12.1. The van der Waals surface area contributed by atoms with E-state index in [1.54, 1.807) is 19.9 Å². The fourth-order valence-electron chi connectivity index (χ4n) is 3.84. The zero-order chi connectivity index (χ0) is 20.3. The molecule has 0 saturated heterocycles. The largest absolute Gasteiger partial charge is 0.452 e. The van der Waals surface area contributed by atoms with Gasteiger partial charge in [-0.25, -0.2) is 4.79 Å². The van der Waals surface area contributed by atoms with Crippen molar-refractivity contribution in [2.75, 3.05) is 0 Å². The Bertz CT molecular complexity index is 663. The Balaban J connectivity index is 3.38. The first-order valence-corrected chi connectivity index (χ1v) is 11.4. The molecule has 0 saturated carbocycles. The second-order valence-electron chi connectivity index (χ2n) is 8.21. The highest BCUT2D eigenvalue weighted by Gasteiger charge is 2.41. The summed E-state index contributed by atoms with van der Waals surface area (Å²) >= 11 is 0. The van der Waals surface area contributed by atoms with Crippen molar-refractivity contribution in [3.05, 3.63) is 23.5 Å². The number of ether oxygens (including phenoxy) is 2. The van der Waals surface area contributed by atoms with Gasteiger partial charge in [0, 0.05) is 19.9 Å². The van der Waals surface area contributed by atoms with Crippen LogP contribution in [0.4, 0.5) is 0 Å². The number of rotatable bonds is 5. The maximum absolute atomic E-state index is 12.1. The predicted octanol–water partition coefficient (Wildman–Crippen LogP) is 4.92. The van der Waals surface area contributed by atoms with Crippen LogP contribution >= 0.6 is 0 Å². The van der Waals surface area contributed by atoms with E-state index in [0.717, 1.165) is 0 Å². The van der Waals surface area contributed by atoms with Gasteiger partial charge >= 0.3 is 5.97 Å². The van der Waals surface area contributed by atoms with Crippen molar-refractivity contribution in [2.24, 2.45) is 0 Å². The van der Waals surface area contributed by atoms with Crippen molar-refractivity contribution in [2.45, 2.75) is 84.7 Å². The molecular weight excluding hydrogens is 344 g/mol. The van der Waals surface area contributed by atoms with Crippen LogP contribution in [-0.2, 0) is 19.1 Å². The van der Waals surface area contributed by atoms with E-state index < -0.39 is 19.8 Å². The Kier molecular flexibility index (Phi) is 7.07. The molecule has 0 aromatic heterocycles. The molecule has 1 heterocycles. The lowest BCUT2D eigenvalue weighted by Gasteiger charge is -2.38. The highest BCUT2D eigenvalue weighted by molar-refractivity contribution is 6.90. The van der Waals surface area contributed by atoms with Gasteiger partial charge in [0.15, 0.2) is 5.78 Å². The Morgan fingerprint density at radius 3 is 1.96 bits per heavy atom. The second-order valence-corrected chi connectivity index (χ2v) is 13.8. The molecule has 1 aliphatic rings. The maximum Gasteiger partial charge on any atom is 0.337 e. The molecule has 0 unspecified atom stereocenters. The molecule has 0 N–H and O–H groups in total. The number of hydrogen-bond donors (Lipinski definition) is 0.